The summed E-state index contributed by atoms with van der Waals surface area (Å²) in [6, 6.07) is 9.72. The summed E-state index contributed by atoms with van der Waals surface area (Å²) < 4.78 is 35.0. The van der Waals surface area contributed by atoms with Gasteiger partial charge in [0.25, 0.3) is 0 Å². The molecule has 0 radical (unpaired) electrons. The van der Waals surface area contributed by atoms with Crippen LogP contribution in [0, 0.1) is 19.8 Å². The molecule has 1 aliphatic carbocycles. The highest BCUT2D eigenvalue weighted by atomic mass is 19.3. The molecule has 1 fully saturated rings. The predicted molar refractivity (Wildman–Crippen MR) is 129 cm³/mol. The Morgan fingerprint density at radius 2 is 1.83 bits per heavy atom. The lowest BCUT2D eigenvalue weighted by Gasteiger charge is -2.28. The maximum absolute atomic E-state index is 13.7. The van der Waals surface area contributed by atoms with Gasteiger partial charge in [0.2, 0.25) is 5.92 Å². The van der Waals surface area contributed by atoms with E-state index in [1.165, 1.54) is 0 Å². The number of alkyl halides is 2. The van der Waals surface area contributed by atoms with Gasteiger partial charge in [-0.15, -0.1) is 0 Å². The lowest BCUT2D eigenvalue weighted by molar-refractivity contribution is -0.0472. The third-order valence-corrected chi connectivity index (χ3v) is 7.01. The third-order valence-electron chi connectivity index (χ3n) is 7.01. The van der Waals surface area contributed by atoms with Crippen molar-refractivity contribution < 1.29 is 23.5 Å². The van der Waals surface area contributed by atoms with Gasteiger partial charge in [0.05, 0.1) is 16.7 Å². The van der Waals surface area contributed by atoms with Gasteiger partial charge in [-0.05, 0) is 49.8 Å². The highest BCUT2D eigenvalue weighted by molar-refractivity contribution is 5.95. The first-order chi connectivity index (χ1) is 16.7. The summed E-state index contributed by atoms with van der Waals surface area (Å²) in [5.41, 5.74) is 7.10. The average Bonchev–Trinajstić information content (AvgIpc) is 3.34. The topological polar surface area (TPSA) is 84.3 Å². The molecule has 184 valence electrons. The zero-order valence-corrected chi connectivity index (χ0v) is 19.8. The standard InChI is InChI=1S/C27H29F2N3O3/c1-16-25(17(2)35-31-16)21-12-23-26(30-13-21)22(20-5-3-18(4-6-20)11-24(33)34)15-32(23)14-19-7-9-27(28,29)10-8-19/h3-6,12-13,15,19,24,33-34H,7-11,14H2,1-2H3. The van der Waals surface area contributed by atoms with Crippen LogP contribution in [-0.4, -0.2) is 37.1 Å². The van der Waals surface area contributed by atoms with Gasteiger partial charge in [0.1, 0.15) is 5.76 Å². The second kappa shape index (κ2) is 9.17. The summed E-state index contributed by atoms with van der Waals surface area (Å²) in [6.45, 7) is 4.42. The van der Waals surface area contributed by atoms with Crippen molar-refractivity contribution in [2.45, 2.75) is 64.7 Å². The molecule has 35 heavy (non-hydrogen) atoms. The highest BCUT2D eigenvalue weighted by Crippen LogP contribution is 2.39. The second-order valence-corrected chi connectivity index (χ2v) is 9.67. The lowest BCUT2D eigenvalue weighted by atomic mass is 9.87. The molecule has 5 rings (SSSR count). The van der Waals surface area contributed by atoms with Crippen LogP contribution in [0.15, 0.2) is 47.2 Å². The first-order valence-corrected chi connectivity index (χ1v) is 12.0. The molecule has 4 aromatic rings. The van der Waals surface area contributed by atoms with E-state index in [9.17, 15) is 19.0 Å². The van der Waals surface area contributed by atoms with Crippen molar-refractivity contribution in [1.82, 2.24) is 14.7 Å². The number of aryl methyl sites for hydroxylation is 2. The lowest BCUT2D eigenvalue weighted by Crippen LogP contribution is -2.26. The molecule has 0 unspecified atom stereocenters. The largest absolute Gasteiger partial charge is 0.368 e. The molecule has 1 saturated carbocycles. The smallest absolute Gasteiger partial charge is 0.248 e. The molecule has 3 heterocycles. The normalized spacial score (nSPS) is 16.4. The van der Waals surface area contributed by atoms with E-state index in [2.05, 4.69) is 22.0 Å². The van der Waals surface area contributed by atoms with Crippen molar-refractivity contribution in [3.63, 3.8) is 0 Å². The van der Waals surface area contributed by atoms with Crippen molar-refractivity contribution in [2.75, 3.05) is 0 Å². The number of pyridine rings is 1. The van der Waals surface area contributed by atoms with Crippen molar-refractivity contribution in [3.05, 3.63) is 59.7 Å². The molecule has 3 aromatic heterocycles. The van der Waals surface area contributed by atoms with Gasteiger partial charge in [-0.2, -0.15) is 0 Å². The highest BCUT2D eigenvalue weighted by Gasteiger charge is 2.35. The Morgan fingerprint density at radius 3 is 2.46 bits per heavy atom. The van der Waals surface area contributed by atoms with Crippen LogP contribution in [0.25, 0.3) is 33.3 Å². The molecule has 0 spiro atoms. The number of hydrogen-bond donors (Lipinski definition) is 2. The maximum atomic E-state index is 13.7. The molecule has 1 aliphatic rings. The molecule has 2 N–H and O–H groups in total. The second-order valence-electron chi connectivity index (χ2n) is 9.67. The third kappa shape index (κ3) is 4.86. The zero-order chi connectivity index (χ0) is 24.7. The predicted octanol–water partition coefficient (Wildman–Crippen LogP) is 5.65. The minimum absolute atomic E-state index is 0.0650. The minimum Gasteiger partial charge on any atom is -0.368 e. The first kappa shape index (κ1) is 23.6. The van der Waals surface area contributed by atoms with Gasteiger partial charge in [0, 0.05) is 54.9 Å². The Hall–Kier alpha value is -3.10. The molecule has 8 heteroatoms. The van der Waals surface area contributed by atoms with Gasteiger partial charge < -0.3 is 19.3 Å². The van der Waals surface area contributed by atoms with E-state index in [0.717, 1.165) is 50.3 Å². The number of benzene rings is 1. The van der Waals surface area contributed by atoms with E-state index in [4.69, 9.17) is 9.51 Å². The quantitative estimate of drug-likeness (QED) is 0.348. The summed E-state index contributed by atoms with van der Waals surface area (Å²) >= 11 is 0. The number of aliphatic hydroxyl groups is 2. The minimum atomic E-state index is -2.55. The molecule has 6 nitrogen and oxygen atoms in total. The fraction of sp³-hybridized carbons (Fsp3) is 0.407. The van der Waals surface area contributed by atoms with E-state index < -0.39 is 12.2 Å². The number of nitrogens with zero attached hydrogens (tertiary/aromatic N) is 3. The van der Waals surface area contributed by atoms with Crippen molar-refractivity contribution >= 4 is 11.0 Å². The molecular weight excluding hydrogens is 452 g/mol. The zero-order valence-electron chi connectivity index (χ0n) is 19.8. The number of aliphatic hydroxyl groups excluding tert-OH is 1. The molecule has 0 aliphatic heterocycles. The first-order valence-electron chi connectivity index (χ1n) is 12.0. The van der Waals surface area contributed by atoms with Crippen LogP contribution in [0.2, 0.25) is 0 Å². The van der Waals surface area contributed by atoms with Crippen molar-refractivity contribution in [2.24, 2.45) is 5.92 Å². The Morgan fingerprint density at radius 1 is 1.11 bits per heavy atom. The van der Waals surface area contributed by atoms with Crippen molar-refractivity contribution in [3.8, 4) is 22.3 Å². The van der Waals surface area contributed by atoms with E-state index >= 15 is 0 Å². The Kier molecular flexibility index (Phi) is 6.19. The van der Waals surface area contributed by atoms with E-state index in [0.29, 0.717) is 19.4 Å². The number of rotatable bonds is 6. The van der Waals surface area contributed by atoms with Gasteiger partial charge in [-0.3, -0.25) is 4.98 Å². The monoisotopic (exact) mass is 481 g/mol. The molecule has 1 aromatic carbocycles. The SMILES string of the molecule is Cc1noc(C)c1-c1cnc2c(-c3ccc(CC(O)O)cc3)cn(CC3CCC(F)(F)CC3)c2c1. The van der Waals surface area contributed by atoms with E-state index in [1.54, 1.807) is 0 Å². The van der Waals surface area contributed by atoms with E-state index in [-0.39, 0.29) is 25.2 Å². The number of hydrogen-bond acceptors (Lipinski definition) is 5. The van der Waals surface area contributed by atoms with Crippen LogP contribution >= 0.6 is 0 Å². The maximum Gasteiger partial charge on any atom is 0.248 e. The summed E-state index contributed by atoms with van der Waals surface area (Å²) in [7, 11) is 0. The van der Waals surface area contributed by atoms with Gasteiger partial charge in [0.15, 0.2) is 6.29 Å². The number of fused-ring (bicyclic) bond motifs is 1. The van der Waals surface area contributed by atoms with Gasteiger partial charge >= 0.3 is 0 Å². The van der Waals surface area contributed by atoms with Crippen LogP contribution in [-0.2, 0) is 13.0 Å². The average molecular weight is 482 g/mol. The van der Waals surface area contributed by atoms with Crippen molar-refractivity contribution in [1.29, 1.82) is 0 Å². The van der Waals surface area contributed by atoms with Crippen LogP contribution < -0.4 is 0 Å². The fourth-order valence-electron chi connectivity index (χ4n) is 5.15. The number of aromatic nitrogens is 3. The van der Waals surface area contributed by atoms with Crippen LogP contribution in [0.4, 0.5) is 8.78 Å². The fourth-order valence-corrected chi connectivity index (χ4v) is 5.15. The molecule has 0 amide bonds. The molecule has 0 saturated heterocycles. The Labute approximate surface area is 202 Å². The Balaban J connectivity index is 1.56. The summed E-state index contributed by atoms with van der Waals surface area (Å²) in [4.78, 5) is 4.81. The number of halogens is 2. The van der Waals surface area contributed by atoms with E-state index in [1.807, 2.05) is 44.3 Å². The summed E-state index contributed by atoms with van der Waals surface area (Å²) in [6.07, 6.45) is 3.50. The molecule has 0 bridgehead atoms. The summed E-state index contributed by atoms with van der Waals surface area (Å²) in [5.74, 6) is -1.66. The molecule has 0 atom stereocenters. The Bertz CT molecular complexity index is 1310. The summed E-state index contributed by atoms with van der Waals surface area (Å²) in [5, 5.41) is 22.6. The van der Waals surface area contributed by atoms with Gasteiger partial charge in [-0.1, -0.05) is 29.4 Å². The van der Waals surface area contributed by atoms with Crippen LogP contribution in [0.5, 0.6) is 0 Å². The van der Waals surface area contributed by atoms with Gasteiger partial charge in [-0.25, -0.2) is 8.78 Å². The molecular formula is C27H29F2N3O3. The van der Waals surface area contributed by atoms with Crippen LogP contribution in [0.1, 0.15) is 42.7 Å². The van der Waals surface area contributed by atoms with Crippen LogP contribution in [0.3, 0.4) is 0 Å².